The van der Waals surface area contributed by atoms with E-state index in [1.807, 2.05) is 24.3 Å². The number of methoxy groups -OCH3 is 1. The number of halogens is 1. The highest BCUT2D eigenvalue weighted by molar-refractivity contribution is 5.76. The molecule has 22 heavy (non-hydrogen) atoms. The Balaban J connectivity index is 1.83. The molecule has 2 aromatic rings. The Morgan fingerprint density at radius 2 is 2.05 bits per heavy atom. The molecule has 0 heterocycles. The van der Waals surface area contributed by atoms with Gasteiger partial charge < -0.3 is 15.4 Å². The summed E-state index contributed by atoms with van der Waals surface area (Å²) < 4.78 is 18.2. The first kappa shape index (κ1) is 15.6. The molecule has 4 nitrogen and oxygen atoms in total. The van der Waals surface area contributed by atoms with Gasteiger partial charge >= 0.3 is 6.03 Å². The molecule has 0 saturated heterocycles. The standard InChI is InChI=1S/C17H17FN2O2/c1-22-16-8-3-2-6-14(16)12-20-17(21)19-10-9-13-5-4-7-15(18)11-13/h2-11H,12H2,1H3,(H2,19,20,21)/b10-9+. The lowest BCUT2D eigenvalue weighted by molar-refractivity contribution is 0.243. The van der Waals surface area contributed by atoms with E-state index in [9.17, 15) is 9.18 Å². The van der Waals surface area contributed by atoms with Crippen LogP contribution in [0.3, 0.4) is 0 Å². The van der Waals surface area contributed by atoms with Gasteiger partial charge in [0.1, 0.15) is 11.6 Å². The lowest BCUT2D eigenvalue weighted by Gasteiger charge is -2.09. The largest absolute Gasteiger partial charge is 0.496 e. The van der Waals surface area contributed by atoms with Crippen LogP contribution < -0.4 is 15.4 Å². The lowest BCUT2D eigenvalue weighted by atomic mass is 10.2. The molecule has 0 aliphatic heterocycles. The maximum Gasteiger partial charge on any atom is 0.319 e. The topological polar surface area (TPSA) is 50.4 Å². The smallest absolute Gasteiger partial charge is 0.319 e. The Morgan fingerprint density at radius 3 is 2.82 bits per heavy atom. The van der Waals surface area contributed by atoms with Crippen LogP contribution in [-0.4, -0.2) is 13.1 Å². The van der Waals surface area contributed by atoms with Crippen LogP contribution in [0.4, 0.5) is 9.18 Å². The fraction of sp³-hybridized carbons (Fsp3) is 0.118. The summed E-state index contributed by atoms with van der Waals surface area (Å²) >= 11 is 0. The van der Waals surface area contributed by atoms with Gasteiger partial charge in [-0.1, -0.05) is 30.3 Å². The van der Waals surface area contributed by atoms with Crippen molar-refractivity contribution < 1.29 is 13.9 Å². The van der Waals surface area contributed by atoms with Crippen molar-refractivity contribution in [1.29, 1.82) is 0 Å². The number of nitrogens with one attached hydrogen (secondary N) is 2. The predicted molar refractivity (Wildman–Crippen MR) is 83.8 cm³/mol. The number of benzene rings is 2. The van der Waals surface area contributed by atoms with Crippen molar-refractivity contribution in [1.82, 2.24) is 10.6 Å². The third kappa shape index (κ3) is 4.63. The van der Waals surface area contributed by atoms with Crippen LogP contribution >= 0.6 is 0 Å². The molecule has 0 saturated carbocycles. The van der Waals surface area contributed by atoms with Crippen LogP contribution in [-0.2, 0) is 6.54 Å². The number of carbonyl (C=O) groups is 1. The van der Waals surface area contributed by atoms with Crippen molar-refractivity contribution in [3.05, 3.63) is 71.7 Å². The molecule has 0 aromatic heterocycles. The summed E-state index contributed by atoms with van der Waals surface area (Å²) in [5.41, 5.74) is 1.55. The number of hydrogen-bond donors (Lipinski definition) is 2. The number of hydrogen-bond acceptors (Lipinski definition) is 2. The summed E-state index contributed by atoms with van der Waals surface area (Å²) in [6.45, 7) is 0.351. The quantitative estimate of drug-likeness (QED) is 0.890. The van der Waals surface area contributed by atoms with Crippen LogP contribution in [0.25, 0.3) is 6.08 Å². The maximum atomic E-state index is 13.0. The minimum Gasteiger partial charge on any atom is -0.496 e. The third-order valence-corrected chi connectivity index (χ3v) is 2.97. The first-order valence-electron chi connectivity index (χ1n) is 6.77. The van der Waals surface area contributed by atoms with Gasteiger partial charge in [0.2, 0.25) is 0 Å². The van der Waals surface area contributed by atoms with Gasteiger partial charge in [-0.2, -0.15) is 0 Å². The third-order valence-electron chi connectivity index (χ3n) is 2.97. The number of para-hydroxylation sites is 1. The second kappa shape index (κ2) is 7.83. The van der Waals surface area contributed by atoms with Crippen molar-refractivity contribution in [2.24, 2.45) is 0 Å². The fourth-order valence-electron chi connectivity index (χ4n) is 1.90. The van der Waals surface area contributed by atoms with E-state index < -0.39 is 0 Å². The highest BCUT2D eigenvalue weighted by Gasteiger charge is 2.03. The summed E-state index contributed by atoms with van der Waals surface area (Å²) in [6.07, 6.45) is 3.08. The van der Waals surface area contributed by atoms with Gasteiger partial charge in [-0.3, -0.25) is 0 Å². The molecule has 2 rings (SSSR count). The fourth-order valence-corrected chi connectivity index (χ4v) is 1.90. The van der Waals surface area contributed by atoms with Gasteiger partial charge in [0.05, 0.1) is 7.11 Å². The zero-order valence-electron chi connectivity index (χ0n) is 12.2. The van der Waals surface area contributed by atoms with Crippen molar-refractivity contribution in [2.45, 2.75) is 6.54 Å². The van der Waals surface area contributed by atoms with Gasteiger partial charge in [0.25, 0.3) is 0 Å². The number of urea groups is 1. The van der Waals surface area contributed by atoms with Gasteiger partial charge in [0.15, 0.2) is 0 Å². The molecular weight excluding hydrogens is 283 g/mol. The van der Waals surface area contributed by atoms with Gasteiger partial charge in [-0.25, -0.2) is 9.18 Å². The molecule has 0 spiro atoms. The number of amides is 2. The molecule has 0 fully saturated rings. The van der Waals surface area contributed by atoms with Crippen LogP contribution in [0.1, 0.15) is 11.1 Å². The first-order valence-corrected chi connectivity index (χ1v) is 6.77. The Morgan fingerprint density at radius 1 is 1.23 bits per heavy atom. The maximum absolute atomic E-state index is 13.0. The summed E-state index contributed by atoms with van der Waals surface area (Å²) in [4.78, 5) is 11.7. The molecule has 114 valence electrons. The van der Waals surface area contributed by atoms with Gasteiger partial charge in [-0.15, -0.1) is 0 Å². The summed E-state index contributed by atoms with van der Waals surface area (Å²) in [5.74, 6) is 0.404. The molecule has 0 unspecified atom stereocenters. The molecular formula is C17H17FN2O2. The Labute approximate surface area is 128 Å². The molecule has 2 N–H and O–H groups in total. The molecule has 0 radical (unpaired) electrons. The van der Waals surface area contributed by atoms with Gasteiger partial charge in [0, 0.05) is 18.3 Å². The summed E-state index contributed by atoms with van der Waals surface area (Å²) in [6, 6.07) is 13.2. The molecule has 2 amide bonds. The highest BCUT2D eigenvalue weighted by atomic mass is 19.1. The highest BCUT2D eigenvalue weighted by Crippen LogP contribution is 2.16. The number of rotatable bonds is 5. The average molecular weight is 300 g/mol. The van der Waals surface area contributed by atoms with E-state index in [1.54, 1.807) is 25.3 Å². The van der Waals surface area contributed by atoms with E-state index in [0.717, 1.165) is 11.3 Å². The van der Waals surface area contributed by atoms with E-state index in [4.69, 9.17) is 4.74 Å². The number of carbonyl (C=O) groups excluding carboxylic acids is 1. The molecule has 5 heteroatoms. The SMILES string of the molecule is COc1ccccc1CNC(=O)N/C=C/c1cccc(F)c1. The zero-order chi connectivity index (χ0) is 15.8. The molecule has 0 aliphatic rings. The Hall–Kier alpha value is -2.82. The Kier molecular flexibility index (Phi) is 5.54. The van der Waals surface area contributed by atoms with E-state index >= 15 is 0 Å². The second-order valence-electron chi connectivity index (χ2n) is 4.53. The summed E-state index contributed by atoms with van der Waals surface area (Å²) in [5, 5.41) is 5.28. The normalized spacial score (nSPS) is 10.5. The zero-order valence-corrected chi connectivity index (χ0v) is 12.2. The lowest BCUT2D eigenvalue weighted by Crippen LogP contribution is -2.31. The van der Waals surface area contributed by atoms with Crippen LogP contribution in [0.2, 0.25) is 0 Å². The van der Waals surface area contributed by atoms with E-state index in [0.29, 0.717) is 12.1 Å². The minimum absolute atomic E-state index is 0.317. The molecule has 0 bridgehead atoms. The predicted octanol–water partition coefficient (Wildman–Crippen LogP) is 3.30. The molecule has 0 aliphatic carbocycles. The van der Waals surface area contributed by atoms with E-state index in [2.05, 4.69) is 10.6 Å². The van der Waals surface area contributed by atoms with E-state index in [1.165, 1.54) is 18.3 Å². The molecule has 0 atom stereocenters. The Bertz CT molecular complexity index is 671. The van der Waals surface area contributed by atoms with Crippen LogP contribution in [0, 0.1) is 5.82 Å². The average Bonchev–Trinajstić information content (AvgIpc) is 2.53. The van der Waals surface area contributed by atoms with Crippen LogP contribution in [0.15, 0.2) is 54.7 Å². The second-order valence-corrected chi connectivity index (χ2v) is 4.53. The van der Waals surface area contributed by atoms with Crippen molar-refractivity contribution in [2.75, 3.05) is 7.11 Å². The minimum atomic E-state index is -0.349. The van der Waals surface area contributed by atoms with Gasteiger partial charge in [-0.05, 0) is 29.8 Å². The van der Waals surface area contributed by atoms with Crippen molar-refractivity contribution in [3.8, 4) is 5.75 Å². The van der Waals surface area contributed by atoms with Crippen molar-refractivity contribution in [3.63, 3.8) is 0 Å². The van der Waals surface area contributed by atoms with Crippen LogP contribution in [0.5, 0.6) is 5.75 Å². The summed E-state index contributed by atoms with van der Waals surface area (Å²) in [7, 11) is 1.58. The van der Waals surface area contributed by atoms with Crippen molar-refractivity contribution >= 4 is 12.1 Å². The molecule has 2 aromatic carbocycles. The number of ether oxygens (including phenoxy) is 1. The van der Waals surface area contributed by atoms with E-state index in [-0.39, 0.29) is 11.8 Å². The first-order chi connectivity index (χ1) is 10.7. The monoisotopic (exact) mass is 300 g/mol.